The predicted molar refractivity (Wildman–Crippen MR) is 95.4 cm³/mol. The van der Waals surface area contributed by atoms with Gasteiger partial charge in [-0.05, 0) is 54.9 Å². The van der Waals surface area contributed by atoms with Crippen LogP contribution in [0, 0.1) is 4.91 Å². The molecule has 0 saturated heterocycles. The maximum Gasteiger partial charge on any atom is 0.222 e. The summed E-state index contributed by atoms with van der Waals surface area (Å²) in [6, 6.07) is 12.7. The highest BCUT2D eigenvalue weighted by Crippen LogP contribution is 2.40. The molecule has 124 valence electrons. The molecular weight excluding hydrogens is 328 g/mol. The first kappa shape index (κ1) is 16.3. The first-order chi connectivity index (χ1) is 11.5. The Balaban J connectivity index is 1.98. The van der Waals surface area contributed by atoms with Gasteiger partial charge in [-0.1, -0.05) is 23.7 Å². The molecule has 0 unspecified atom stereocenters. The molecule has 0 fully saturated rings. The molecule has 0 radical (unpaired) electrons. The van der Waals surface area contributed by atoms with Crippen LogP contribution < -0.4 is 4.74 Å². The molecular formula is C18H17ClN2O3. The number of aromatic nitrogens is 1. The molecule has 0 saturated carbocycles. The Kier molecular flexibility index (Phi) is 4.44. The van der Waals surface area contributed by atoms with E-state index >= 15 is 0 Å². The fraction of sp³-hybridized carbons (Fsp3) is 0.222. The normalized spacial score (nSPS) is 11.2. The monoisotopic (exact) mass is 344 g/mol. The molecule has 0 atom stereocenters. The van der Waals surface area contributed by atoms with Crippen LogP contribution in [0.2, 0.25) is 5.02 Å². The summed E-state index contributed by atoms with van der Waals surface area (Å²) >= 11 is 5.98. The third-order valence-corrected chi connectivity index (χ3v) is 3.93. The molecule has 2 aromatic carbocycles. The molecule has 0 bridgehead atoms. The Labute approximate surface area is 144 Å². The second kappa shape index (κ2) is 6.53. The molecule has 3 rings (SSSR count). The summed E-state index contributed by atoms with van der Waals surface area (Å²) in [6.07, 6.45) is 0.110. The number of halogens is 1. The standard InChI is InChI=1S/C18H17ClN2O3/c1-11(2)24-14-6-3-12(4-7-14)10-21-16-8-5-13(19)9-15(16)17(20-23)18(21)22/h3-9,11,22H,10H2,1-2H3. The highest BCUT2D eigenvalue weighted by Gasteiger charge is 2.18. The minimum absolute atomic E-state index is 0.00672. The Morgan fingerprint density at radius 1 is 1.21 bits per heavy atom. The molecule has 0 amide bonds. The second-order valence-electron chi connectivity index (χ2n) is 5.82. The fourth-order valence-electron chi connectivity index (χ4n) is 2.67. The lowest BCUT2D eigenvalue weighted by molar-refractivity contribution is 0.242. The average molecular weight is 345 g/mol. The molecule has 0 spiro atoms. The molecule has 24 heavy (non-hydrogen) atoms. The number of hydrogen-bond acceptors (Lipinski definition) is 4. The summed E-state index contributed by atoms with van der Waals surface area (Å²) in [5.41, 5.74) is 1.67. The highest BCUT2D eigenvalue weighted by molar-refractivity contribution is 6.31. The lowest BCUT2D eigenvalue weighted by atomic mass is 10.2. The lowest BCUT2D eigenvalue weighted by Crippen LogP contribution is -2.05. The summed E-state index contributed by atoms with van der Waals surface area (Å²) in [7, 11) is 0. The van der Waals surface area contributed by atoms with Crippen molar-refractivity contribution in [1.29, 1.82) is 0 Å². The SMILES string of the molecule is CC(C)Oc1ccc(Cn2c(O)c(N=O)c3cc(Cl)ccc32)cc1. The predicted octanol–water partition coefficient (Wildman–Crippen LogP) is 5.23. The van der Waals surface area contributed by atoms with Crippen LogP contribution in [0.4, 0.5) is 5.69 Å². The average Bonchev–Trinajstić information content (AvgIpc) is 2.79. The highest BCUT2D eigenvalue weighted by atomic mass is 35.5. The van der Waals surface area contributed by atoms with E-state index in [1.807, 2.05) is 38.1 Å². The van der Waals surface area contributed by atoms with Gasteiger partial charge < -0.3 is 14.4 Å². The molecule has 0 aliphatic carbocycles. The number of benzene rings is 2. The quantitative estimate of drug-likeness (QED) is 0.644. The number of fused-ring (bicyclic) bond motifs is 1. The van der Waals surface area contributed by atoms with Gasteiger partial charge in [-0.3, -0.25) is 0 Å². The zero-order valence-electron chi connectivity index (χ0n) is 13.4. The first-order valence-corrected chi connectivity index (χ1v) is 7.97. The molecule has 0 aliphatic heterocycles. The van der Waals surface area contributed by atoms with Crippen LogP contribution in [0.5, 0.6) is 11.6 Å². The Bertz CT molecular complexity index is 885. The Hall–Kier alpha value is -2.53. The molecule has 1 N–H and O–H groups in total. The number of nitrogens with zero attached hydrogens (tertiary/aromatic N) is 2. The molecule has 3 aromatic rings. The van der Waals surface area contributed by atoms with E-state index < -0.39 is 0 Å². The van der Waals surface area contributed by atoms with Crippen molar-refractivity contribution in [3.63, 3.8) is 0 Å². The van der Waals surface area contributed by atoms with Gasteiger partial charge >= 0.3 is 0 Å². The fourth-order valence-corrected chi connectivity index (χ4v) is 2.85. The lowest BCUT2D eigenvalue weighted by Gasteiger charge is -2.11. The number of hydrogen-bond donors (Lipinski definition) is 1. The van der Waals surface area contributed by atoms with E-state index in [1.165, 1.54) is 0 Å². The van der Waals surface area contributed by atoms with Crippen LogP contribution in [0.15, 0.2) is 47.6 Å². The molecule has 1 heterocycles. The maximum absolute atomic E-state index is 11.1. The summed E-state index contributed by atoms with van der Waals surface area (Å²) in [5, 5.41) is 14.3. The van der Waals surface area contributed by atoms with Crippen LogP contribution in [0.3, 0.4) is 0 Å². The van der Waals surface area contributed by atoms with Gasteiger partial charge in [0.25, 0.3) is 0 Å². The van der Waals surface area contributed by atoms with Crippen molar-refractivity contribution in [3.8, 4) is 11.6 Å². The van der Waals surface area contributed by atoms with E-state index in [9.17, 15) is 10.0 Å². The van der Waals surface area contributed by atoms with E-state index in [2.05, 4.69) is 5.18 Å². The summed E-state index contributed by atoms with van der Waals surface area (Å²) in [5.74, 6) is 0.627. The van der Waals surface area contributed by atoms with Crippen LogP contribution >= 0.6 is 11.6 Å². The number of rotatable bonds is 5. The van der Waals surface area contributed by atoms with Crippen molar-refractivity contribution in [2.45, 2.75) is 26.5 Å². The van der Waals surface area contributed by atoms with Gasteiger partial charge in [0.1, 0.15) is 5.75 Å². The van der Waals surface area contributed by atoms with Crippen molar-refractivity contribution < 1.29 is 9.84 Å². The van der Waals surface area contributed by atoms with Gasteiger partial charge in [0, 0.05) is 10.4 Å². The zero-order valence-corrected chi connectivity index (χ0v) is 14.1. The van der Waals surface area contributed by atoms with Crippen LogP contribution in [0.25, 0.3) is 10.9 Å². The smallest absolute Gasteiger partial charge is 0.222 e. The first-order valence-electron chi connectivity index (χ1n) is 7.59. The summed E-state index contributed by atoms with van der Waals surface area (Å²) in [4.78, 5) is 11.1. The van der Waals surface area contributed by atoms with Crippen molar-refractivity contribution in [1.82, 2.24) is 4.57 Å². The number of ether oxygens (including phenoxy) is 1. The minimum Gasteiger partial charge on any atom is -0.493 e. The van der Waals surface area contributed by atoms with Crippen molar-refractivity contribution in [3.05, 3.63) is 58.0 Å². The zero-order chi connectivity index (χ0) is 17.3. The van der Waals surface area contributed by atoms with Gasteiger partial charge in [-0.25, -0.2) is 0 Å². The van der Waals surface area contributed by atoms with Crippen molar-refractivity contribution in [2.24, 2.45) is 5.18 Å². The van der Waals surface area contributed by atoms with Gasteiger partial charge in [-0.15, -0.1) is 4.91 Å². The van der Waals surface area contributed by atoms with E-state index in [-0.39, 0.29) is 17.7 Å². The third-order valence-electron chi connectivity index (χ3n) is 3.70. The van der Waals surface area contributed by atoms with Crippen molar-refractivity contribution in [2.75, 3.05) is 0 Å². The topological polar surface area (TPSA) is 63.8 Å². The minimum atomic E-state index is -0.162. The van der Waals surface area contributed by atoms with Crippen LogP contribution in [0.1, 0.15) is 19.4 Å². The van der Waals surface area contributed by atoms with Crippen molar-refractivity contribution >= 4 is 28.2 Å². The Morgan fingerprint density at radius 3 is 2.54 bits per heavy atom. The van der Waals surface area contributed by atoms with Gasteiger partial charge in [-0.2, -0.15) is 0 Å². The van der Waals surface area contributed by atoms with E-state index in [4.69, 9.17) is 16.3 Å². The van der Waals surface area contributed by atoms with E-state index in [0.717, 1.165) is 11.3 Å². The second-order valence-corrected chi connectivity index (χ2v) is 6.26. The molecule has 1 aromatic heterocycles. The largest absolute Gasteiger partial charge is 0.493 e. The van der Waals surface area contributed by atoms with Gasteiger partial charge in [0.05, 0.1) is 18.2 Å². The molecule has 0 aliphatic rings. The maximum atomic E-state index is 11.1. The summed E-state index contributed by atoms with van der Waals surface area (Å²) < 4.78 is 7.26. The molecule has 6 heteroatoms. The van der Waals surface area contributed by atoms with Gasteiger partial charge in [0.15, 0.2) is 5.69 Å². The molecule has 5 nitrogen and oxygen atoms in total. The Morgan fingerprint density at radius 2 is 1.92 bits per heavy atom. The number of nitroso groups, excluding NO2 is 1. The van der Waals surface area contributed by atoms with Crippen LogP contribution in [-0.4, -0.2) is 15.8 Å². The van der Waals surface area contributed by atoms with Crippen LogP contribution in [-0.2, 0) is 6.54 Å². The summed E-state index contributed by atoms with van der Waals surface area (Å²) in [6.45, 7) is 4.34. The van der Waals surface area contributed by atoms with Gasteiger partial charge in [0.2, 0.25) is 5.88 Å². The van der Waals surface area contributed by atoms with E-state index in [0.29, 0.717) is 22.5 Å². The van der Waals surface area contributed by atoms with E-state index in [1.54, 1.807) is 22.8 Å². The third kappa shape index (κ3) is 3.08. The number of aromatic hydroxyl groups is 1.